The molecule has 1 heterocycles. The molecular formula is C12H10FN3O4. The van der Waals surface area contributed by atoms with Gasteiger partial charge in [-0.3, -0.25) is 0 Å². The van der Waals surface area contributed by atoms with Gasteiger partial charge in [0.25, 0.3) is 0 Å². The van der Waals surface area contributed by atoms with Crippen LogP contribution in [0, 0.1) is 5.82 Å². The summed E-state index contributed by atoms with van der Waals surface area (Å²) in [7, 11) is 0. The van der Waals surface area contributed by atoms with Crippen LogP contribution >= 0.6 is 0 Å². The Morgan fingerprint density at radius 2 is 2.15 bits per heavy atom. The fourth-order valence-electron chi connectivity index (χ4n) is 1.44. The lowest BCUT2D eigenvalue weighted by atomic mass is 10.2. The maximum Gasteiger partial charge on any atom is 0.338 e. The van der Waals surface area contributed by atoms with E-state index in [0.29, 0.717) is 5.69 Å². The molecule has 20 heavy (non-hydrogen) atoms. The first-order valence-electron chi connectivity index (χ1n) is 5.53. The lowest BCUT2D eigenvalue weighted by Crippen LogP contribution is -2.28. The predicted molar refractivity (Wildman–Crippen MR) is 65.7 cm³/mol. The van der Waals surface area contributed by atoms with Crippen LogP contribution < -0.4 is 10.6 Å². The summed E-state index contributed by atoms with van der Waals surface area (Å²) in [6.07, 6.45) is 1.37. The number of nitrogens with zero attached hydrogens (tertiary/aromatic N) is 1. The summed E-state index contributed by atoms with van der Waals surface area (Å²) in [5.74, 6) is -2.30. The SMILES string of the molecule is O=C(NCc1ccon1)Nc1ccc(C(=O)O)c(F)c1. The number of carboxylic acid groups (broad SMARTS) is 1. The number of hydrogen-bond donors (Lipinski definition) is 3. The Balaban J connectivity index is 1.94. The van der Waals surface area contributed by atoms with Crippen molar-refractivity contribution in [3.8, 4) is 0 Å². The maximum atomic E-state index is 13.4. The summed E-state index contributed by atoms with van der Waals surface area (Å²) in [5, 5.41) is 17.1. The van der Waals surface area contributed by atoms with Crippen LogP contribution in [0.3, 0.4) is 0 Å². The summed E-state index contributed by atoms with van der Waals surface area (Å²) in [6, 6.07) is 4.31. The molecule has 0 saturated heterocycles. The minimum Gasteiger partial charge on any atom is -0.478 e. The summed E-state index contributed by atoms with van der Waals surface area (Å²) in [6.45, 7) is 0.151. The largest absolute Gasteiger partial charge is 0.478 e. The highest BCUT2D eigenvalue weighted by molar-refractivity contribution is 5.91. The third-order valence-corrected chi connectivity index (χ3v) is 2.38. The number of carbonyl (C=O) groups excluding carboxylic acids is 1. The molecule has 0 unspecified atom stereocenters. The number of amides is 2. The van der Waals surface area contributed by atoms with Crippen LogP contribution in [0.1, 0.15) is 16.1 Å². The van der Waals surface area contributed by atoms with Gasteiger partial charge in [0.1, 0.15) is 17.8 Å². The van der Waals surface area contributed by atoms with Crippen molar-refractivity contribution in [3.05, 3.63) is 47.6 Å². The van der Waals surface area contributed by atoms with E-state index in [4.69, 9.17) is 5.11 Å². The molecule has 7 nitrogen and oxygen atoms in total. The van der Waals surface area contributed by atoms with Crippen LogP contribution in [-0.2, 0) is 6.54 Å². The average molecular weight is 279 g/mol. The van der Waals surface area contributed by atoms with E-state index in [0.717, 1.165) is 12.1 Å². The van der Waals surface area contributed by atoms with Crippen molar-refractivity contribution >= 4 is 17.7 Å². The van der Waals surface area contributed by atoms with Crippen molar-refractivity contribution in [2.75, 3.05) is 5.32 Å². The number of aromatic carboxylic acids is 1. The molecule has 8 heteroatoms. The summed E-state index contributed by atoms with van der Waals surface area (Å²) >= 11 is 0. The highest BCUT2D eigenvalue weighted by Crippen LogP contribution is 2.14. The highest BCUT2D eigenvalue weighted by atomic mass is 19.1. The summed E-state index contributed by atoms with van der Waals surface area (Å²) < 4.78 is 18.0. The number of carboxylic acids is 1. The maximum absolute atomic E-state index is 13.4. The van der Waals surface area contributed by atoms with Gasteiger partial charge in [0.2, 0.25) is 0 Å². The van der Waals surface area contributed by atoms with Gasteiger partial charge >= 0.3 is 12.0 Å². The van der Waals surface area contributed by atoms with E-state index >= 15 is 0 Å². The Bertz CT molecular complexity index is 628. The van der Waals surface area contributed by atoms with Crippen molar-refractivity contribution in [2.45, 2.75) is 6.54 Å². The van der Waals surface area contributed by atoms with Crippen molar-refractivity contribution in [3.63, 3.8) is 0 Å². The molecular weight excluding hydrogens is 269 g/mol. The molecule has 2 amide bonds. The van der Waals surface area contributed by atoms with Crippen molar-refractivity contribution < 1.29 is 23.6 Å². The molecule has 0 atom stereocenters. The van der Waals surface area contributed by atoms with Gasteiger partial charge in [-0.2, -0.15) is 0 Å². The third-order valence-electron chi connectivity index (χ3n) is 2.38. The number of halogens is 1. The molecule has 0 aliphatic rings. The highest BCUT2D eigenvalue weighted by Gasteiger charge is 2.11. The van der Waals surface area contributed by atoms with E-state index in [2.05, 4.69) is 20.3 Å². The number of aromatic nitrogens is 1. The van der Waals surface area contributed by atoms with E-state index < -0.39 is 23.4 Å². The van der Waals surface area contributed by atoms with Crippen LogP contribution in [0.2, 0.25) is 0 Å². The molecule has 0 spiro atoms. The third kappa shape index (κ3) is 3.31. The number of urea groups is 1. The second kappa shape index (κ2) is 5.83. The first kappa shape index (κ1) is 13.5. The minimum absolute atomic E-state index is 0.144. The van der Waals surface area contributed by atoms with Crippen LogP contribution in [0.25, 0.3) is 0 Å². The monoisotopic (exact) mass is 279 g/mol. The summed E-state index contributed by atoms with van der Waals surface area (Å²) in [4.78, 5) is 22.2. The molecule has 0 saturated carbocycles. The molecule has 0 aliphatic heterocycles. The molecule has 1 aromatic heterocycles. The van der Waals surface area contributed by atoms with Crippen molar-refractivity contribution in [1.29, 1.82) is 0 Å². The Morgan fingerprint density at radius 1 is 1.35 bits per heavy atom. The van der Waals surface area contributed by atoms with E-state index in [1.807, 2.05) is 0 Å². The lowest BCUT2D eigenvalue weighted by Gasteiger charge is -2.07. The predicted octanol–water partition coefficient (Wildman–Crippen LogP) is 1.83. The Morgan fingerprint density at radius 3 is 2.75 bits per heavy atom. The molecule has 0 fully saturated rings. The van der Waals surface area contributed by atoms with Gasteiger partial charge < -0.3 is 20.3 Å². The molecule has 2 aromatic rings. The Labute approximate surface area is 112 Å². The summed E-state index contributed by atoms with van der Waals surface area (Å²) in [5.41, 5.74) is 0.219. The number of carbonyl (C=O) groups is 2. The second-order valence-electron chi connectivity index (χ2n) is 3.80. The lowest BCUT2D eigenvalue weighted by molar-refractivity contribution is 0.0692. The molecule has 0 radical (unpaired) electrons. The van der Waals surface area contributed by atoms with E-state index in [1.54, 1.807) is 6.07 Å². The first-order valence-corrected chi connectivity index (χ1v) is 5.53. The van der Waals surface area contributed by atoms with Gasteiger partial charge in [-0.05, 0) is 18.2 Å². The van der Waals surface area contributed by atoms with Gasteiger partial charge in [-0.15, -0.1) is 0 Å². The zero-order valence-electron chi connectivity index (χ0n) is 10.1. The number of rotatable bonds is 4. The van der Waals surface area contributed by atoms with Gasteiger partial charge in [-0.25, -0.2) is 14.0 Å². The molecule has 3 N–H and O–H groups in total. The van der Waals surface area contributed by atoms with Crippen molar-refractivity contribution in [1.82, 2.24) is 10.5 Å². The standard InChI is InChI=1S/C12H10FN3O4/c13-10-5-7(1-2-9(10)11(17)18)15-12(19)14-6-8-3-4-20-16-8/h1-5H,6H2,(H,17,18)(H2,14,15,19). The van der Waals surface area contributed by atoms with Crippen LogP contribution in [0.4, 0.5) is 14.9 Å². The quantitative estimate of drug-likeness (QED) is 0.792. The Hall–Kier alpha value is -2.90. The zero-order valence-corrected chi connectivity index (χ0v) is 10.1. The van der Waals surface area contributed by atoms with E-state index in [-0.39, 0.29) is 12.2 Å². The van der Waals surface area contributed by atoms with E-state index in [1.165, 1.54) is 12.3 Å². The fraction of sp³-hybridized carbons (Fsp3) is 0.0833. The number of anilines is 1. The van der Waals surface area contributed by atoms with E-state index in [9.17, 15) is 14.0 Å². The molecule has 1 aromatic carbocycles. The van der Waals surface area contributed by atoms with Crippen LogP contribution in [0.15, 0.2) is 35.1 Å². The number of hydrogen-bond acceptors (Lipinski definition) is 4. The van der Waals surface area contributed by atoms with Gasteiger partial charge in [-0.1, -0.05) is 5.16 Å². The zero-order chi connectivity index (χ0) is 14.5. The smallest absolute Gasteiger partial charge is 0.338 e. The van der Waals surface area contributed by atoms with Crippen LogP contribution in [0.5, 0.6) is 0 Å². The molecule has 0 bridgehead atoms. The number of benzene rings is 1. The molecule has 2 rings (SSSR count). The van der Waals surface area contributed by atoms with Crippen molar-refractivity contribution in [2.24, 2.45) is 0 Å². The van der Waals surface area contributed by atoms with Gasteiger partial charge in [0, 0.05) is 11.8 Å². The average Bonchev–Trinajstić information content (AvgIpc) is 2.89. The number of nitrogens with one attached hydrogen (secondary N) is 2. The van der Waals surface area contributed by atoms with Crippen LogP contribution in [-0.4, -0.2) is 22.3 Å². The first-order chi connectivity index (χ1) is 9.56. The minimum atomic E-state index is -1.37. The second-order valence-corrected chi connectivity index (χ2v) is 3.80. The Kier molecular flexibility index (Phi) is 3.94. The molecule has 104 valence electrons. The molecule has 0 aliphatic carbocycles. The fourth-order valence-corrected chi connectivity index (χ4v) is 1.44. The normalized spacial score (nSPS) is 10.1. The van der Waals surface area contributed by atoms with Gasteiger partial charge in [0.05, 0.1) is 12.1 Å². The van der Waals surface area contributed by atoms with Gasteiger partial charge in [0.15, 0.2) is 0 Å². The topological polar surface area (TPSA) is 104 Å².